The van der Waals surface area contributed by atoms with E-state index in [1.165, 1.54) is 5.56 Å². The highest BCUT2D eigenvalue weighted by molar-refractivity contribution is 6.14. The number of rotatable bonds is 5. The molecule has 0 fully saturated rings. The maximum atomic E-state index is 5.38. The summed E-state index contributed by atoms with van der Waals surface area (Å²) < 4.78 is 5.38. The van der Waals surface area contributed by atoms with Crippen molar-refractivity contribution in [3.05, 3.63) is 120 Å². The third-order valence-corrected chi connectivity index (χ3v) is 5.81. The number of methoxy groups -OCH3 is 1. The Morgan fingerprint density at radius 1 is 0.688 bits per heavy atom. The van der Waals surface area contributed by atoms with Gasteiger partial charge in [0, 0.05) is 5.56 Å². The van der Waals surface area contributed by atoms with Gasteiger partial charge in [0.25, 0.3) is 0 Å². The topological polar surface area (TPSA) is 28.1 Å². The van der Waals surface area contributed by atoms with E-state index in [-0.39, 0.29) is 6.04 Å². The molecule has 1 aliphatic rings. The van der Waals surface area contributed by atoms with Crippen LogP contribution in [0.2, 0.25) is 0 Å². The van der Waals surface area contributed by atoms with Crippen LogP contribution in [0.3, 0.4) is 0 Å². The second-order valence-corrected chi connectivity index (χ2v) is 7.74. The molecule has 0 bridgehead atoms. The zero-order valence-corrected chi connectivity index (χ0v) is 18.2. The maximum absolute atomic E-state index is 5.38. The number of hydrogen-bond acceptors (Lipinski definition) is 4. The van der Waals surface area contributed by atoms with E-state index in [4.69, 9.17) is 9.84 Å². The number of ether oxygens (including phenoxy) is 1. The molecule has 1 aliphatic heterocycles. The molecule has 158 valence electrons. The van der Waals surface area contributed by atoms with Crippen molar-refractivity contribution < 1.29 is 4.74 Å². The molecule has 0 spiro atoms. The van der Waals surface area contributed by atoms with E-state index in [9.17, 15) is 0 Å². The summed E-state index contributed by atoms with van der Waals surface area (Å²) in [5.41, 5.74) is 5.46. The zero-order chi connectivity index (χ0) is 21.9. The lowest BCUT2D eigenvalue weighted by Crippen LogP contribution is -2.39. The predicted octanol–water partition coefficient (Wildman–Crippen LogP) is 6.78. The number of fused-ring (bicyclic) bond motifs is 1. The van der Waals surface area contributed by atoms with Crippen molar-refractivity contribution >= 4 is 22.9 Å². The van der Waals surface area contributed by atoms with Crippen LogP contribution in [0, 0.1) is 0 Å². The van der Waals surface area contributed by atoms with Crippen molar-refractivity contribution in [2.45, 2.75) is 13.0 Å². The van der Waals surface area contributed by atoms with Gasteiger partial charge in [0.05, 0.1) is 30.2 Å². The average molecular weight is 420 g/mol. The van der Waals surface area contributed by atoms with Crippen molar-refractivity contribution in [1.29, 1.82) is 0 Å². The Morgan fingerprint density at radius 2 is 1.28 bits per heavy atom. The largest absolute Gasteiger partial charge is 0.497 e. The Bertz CT molecular complexity index is 1220. The first kappa shape index (κ1) is 19.9. The SMILES string of the molecule is COc1ccc(C2=NN(c3ccccc3)c3ccccc3N2C(C)c2ccccc2)cc1. The second kappa shape index (κ2) is 8.60. The fourth-order valence-corrected chi connectivity index (χ4v) is 4.13. The lowest BCUT2D eigenvalue weighted by molar-refractivity contribution is 0.415. The van der Waals surface area contributed by atoms with E-state index in [0.717, 1.165) is 34.2 Å². The van der Waals surface area contributed by atoms with Crippen LogP contribution in [-0.4, -0.2) is 12.9 Å². The molecule has 1 atom stereocenters. The van der Waals surface area contributed by atoms with Crippen LogP contribution in [0.1, 0.15) is 24.1 Å². The van der Waals surface area contributed by atoms with Crippen molar-refractivity contribution in [3.8, 4) is 5.75 Å². The fraction of sp³-hybridized carbons (Fsp3) is 0.107. The monoisotopic (exact) mass is 419 g/mol. The molecule has 5 rings (SSSR count). The third-order valence-electron chi connectivity index (χ3n) is 5.81. The molecule has 0 amide bonds. The molecular formula is C28H25N3O. The van der Waals surface area contributed by atoms with Crippen LogP contribution in [0.4, 0.5) is 17.1 Å². The fourth-order valence-electron chi connectivity index (χ4n) is 4.13. The Morgan fingerprint density at radius 3 is 1.94 bits per heavy atom. The molecule has 0 aliphatic carbocycles. The molecular weight excluding hydrogens is 394 g/mol. The molecule has 4 nitrogen and oxygen atoms in total. The quantitative estimate of drug-likeness (QED) is 0.357. The van der Waals surface area contributed by atoms with Crippen LogP contribution in [0.15, 0.2) is 114 Å². The van der Waals surface area contributed by atoms with Gasteiger partial charge in [-0.15, -0.1) is 5.10 Å². The standard InChI is InChI=1S/C28H25N3O/c1-21(22-11-5-3-6-12-22)30-26-15-9-10-16-27(26)31(24-13-7-4-8-14-24)29-28(30)23-17-19-25(32-2)20-18-23/h3-21H,1-2H3. The van der Waals surface area contributed by atoms with Crippen LogP contribution in [0.5, 0.6) is 5.75 Å². The number of para-hydroxylation sites is 3. The van der Waals surface area contributed by atoms with Gasteiger partial charge < -0.3 is 9.64 Å². The van der Waals surface area contributed by atoms with Crippen molar-refractivity contribution in [2.24, 2.45) is 5.10 Å². The maximum Gasteiger partial charge on any atom is 0.161 e. The van der Waals surface area contributed by atoms with Gasteiger partial charge in [-0.25, -0.2) is 5.01 Å². The smallest absolute Gasteiger partial charge is 0.161 e. The zero-order valence-electron chi connectivity index (χ0n) is 18.2. The summed E-state index contributed by atoms with van der Waals surface area (Å²) in [5.74, 6) is 1.72. The van der Waals surface area contributed by atoms with Crippen molar-refractivity contribution in [1.82, 2.24) is 0 Å². The predicted molar refractivity (Wildman–Crippen MR) is 132 cm³/mol. The van der Waals surface area contributed by atoms with Crippen molar-refractivity contribution in [2.75, 3.05) is 17.0 Å². The first-order valence-corrected chi connectivity index (χ1v) is 10.8. The summed E-state index contributed by atoms with van der Waals surface area (Å²) in [5, 5.41) is 7.21. The molecule has 0 radical (unpaired) electrons. The highest BCUT2D eigenvalue weighted by Gasteiger charge is 2.31. The number of benzene rings is 4. The lowest BCUT2D eigenvalue weighted by atomic mass is 10.0. The van der Waals surface area contributed by atoms with Crippen LogP contribution >= 0.6 is 0 Å². The second-order valence-electron chi connectivity index (χ2n) is 7.74. The molecule has 0 saturated carbocycles. The first-order chi connectivity index (χ1) is 15.8. The molecule has 1 heterocycles. The Balaban J connectivity index is 1.71. The third kappa shape index (κ3) is 3.60. The van der Waals surface area contributed by atoms with Gasteiger partial charge in [0.15, 0.2) is 5.84 Å². The summed E-state index contributed by atoms with van der Waals surface area (Å²) in [4.78, 5) is 2.33. The number of hydrogen-bond donors (Lipinski definition) is 0. The van der Waals surface area contributed by atoms with E-state index in [1.54, 1.807) is 7.11 Å². The van der Waals surface area contributed by atoms with E-state index in [0.29, 0.717) is 0 Å². The van der Waals surface area contributed by atoms with Gasteiger partial charge in [-0.05, 0) is 61.0 Å². The summed E-state index contributed by atoms with van der Waals surface area (Å²) >= 11 is 0. The minimum absolute atomic E-state index is 0.0936. The van der Waals surface area contributed by atoms with E-state index >= 15 is 0 Å². The van der Waals surface area contributed by atoms with Gasteiger partial charge in [-0.1, -0.05) is 60.7 Å². The highest BCUT2D eigenvalue weighted by Crippen LogP contribution is 2.42. The summed E-state index contributed by atoms with van der Waals surface area (Å²) in [7, 11) is 1.68. The summed E-state index contributed by atoms with van der Waals surface area (Å²) in [6.07, 6.45) is 0. The molecule has 32 heavy (non-hydrogen) atoms. The van der Waals surface area contributed by atoms with E-state index in [1.807, 2.05) is 35.3 Å². The average Bonchev–Trinajstić information content (AvgIpc) is 2.88. The van der Waals surface area contributed by atoms with Gasteiger partial charge in [-0.2, -0.15) is 0 Å². The minimum atomic E-state index is 0.0936. The first-order valence-electron chi connectivity index (χ1n) is 10.8. The Kier molecular flexibility index (Phi) is 5.34. The summed E-state index contributed by atoms with van der Waals surface area (Å²) in [6.45, 7) is 2.23. The highest BCUT2D eigenvalue weighted by atomic mass is 16.5. The van der Waals surface area contributed by atoms with Crippen LogP contribution < -0.4 is 14.6 Å². The van der Waals surface area contributed by atoms with Gasteiger partial charge >= 0.3 is 0 Å². The van der Waals surface area contributed by atoms with Crippen molar-refractivity contribution in [3.63, 3.8) is 0 Å². The molecule has 4 aromatic carbocycles. The number of nitrogens with zero attached hydrogens (tertiary/aromatic N) is 3. The minimum Gasteiger partial charge on any atom is -0.497 e. The molecule has 4 aromatic rings. The van der Waals surface area contributed by atoms with E-state index in [2.05, 4.69) is 90.7 Å². The normalized spacial score (nSPS) is 13.9. The van der Waals surface area contributed by atoms with Gasteiger partial charge in [0.1, 0.15) is 5.75 Å². The van der Waals surface area contributed by atoms with E-state index < -0.39 is 0 Å². The number of hydrazone groups is 1. The van der Waals surface area contributed by atoms with Gasteiger partial charge in [-0.3, -0.25) is 0 Å². The molecule has 0 N–H and O–H groups in total. The summed E-state index contributed by atoms with van der Waals surface area (Å²) in [6, 6.07) is 37.5. The number of anilines is 3. The molecule has 0 aromatic heterocycles. The Hall–Kier alpha value is -4.05. The molecule has 0 saturated heterocycles. The van der Waals surface area contributed by atoms with Gasteiger partial charge in [0.2, 0.25) is 0 Å². The molecule has 4 heteroatoms. The van der Waals surface area contributed by atoms with Crippen LogP contribution in [0.25, 0.3) is 0 Å². The lowest BCUT2D eigenvalue weighted by Gasteiger charge is -2.40. The number of amidine groups is 1. The van der Waals surface area contributed by atoms with Crippen LogP contribution in [-0.2, 0) is 0 Å². The molecule has 1 unspecified atom stereocenters. The Labute approximate surface area is 189 Å².